The Kier molecular flexibility index (Phi) is 6.51. The van der Waals surface area contributed by atoms with Crippen LogP contribution in [0.1, 0.15) is 29.6 Å². The lowest BCUT2D eigenvalue weighted by atomic mass is 9.95. The number of carboxylic acid groups (broad SMARTS) is 1. The first-order valence-corrected chi connectivity index (χ1v) is 12.2. The standard InChI is InChI=1S/C22H23ClN2O7S/c1-25-17-8-7-14(11-21(26)27)32-19(17)12-31-18-9-6-13(10-15(18)22(25)28)24-33(29,30)20-5-3-2-4-16(20)23/h2-6,9-10,14,17,19,24H,7-8,11-12H2,1H3,(H,26,27)/t14-,17+,19-/m1/s1. The van der Waals surface area contributed by atoms with E-state index in [0.717, 1.165) is 0 Å². The van der Waals surface area contributed by atoms with Gasteiger partial charge in [0.1, 0.15) is 23.4 Å². The van der Waals surface area contributed by atoms with Crippen LogP contribution >= 0.6 is 11.6 Å². The molecule has 2 aliphatic rings. The summed E-state index contributed by atoms with van der Waals surface area (Å²) in [5.41, 5.74) is 0.403. The topological polar surface area (TPSA) is 122 Å². The van der Waals surface area contributed by atoms with Gasteiger partial charge in [-0.3, -0.25) is 14.3 Å². The Morgan fingerprint density at radius 3 is 2.73 bits per heavy atom. The van der Waals surface area contributed by atoms with Gasteiger partial charge in [-0.05, 0) is 43.2 Å². The van der Waals surface area contributed by atoms with Crippen LogP contribution in [-0.4, -0.2) is 62.2 Å². The zero-order valence-corrected chi connectivity index (χ0v) is 19.3. The number of nitrogens with one attached hydrogen (secondary N) is 1. The summed E-state index contributed by atoms with van der Waals surface area (Å²) in [4.78, 5) is 25.8. The van der Waals surface area contributed by atoms with Crippen LogP contribution in [0.4, 0.5) is 5.69 Å². The molecule has 9 nitrogen and oxygen atoms in total. The summed E-state index contributed by atoms with van der Waals surface area (Å²) in [5, 5.41) is 9.13. The Morgan fingerprint density at radius 1 is 1.24 bits per heavy atom. The van der Waals surface area contributed by atoms with Gasteiger partial charge in [0, 0.05) is 12.7 Å². The molecular weight excluding hydrogens is 472 g/mol. The molecule has 0 bridgehead atoms. The second kappa shape index (κ2) is 9.20. The predicted octanol–water partition coefficient (Wildman–Crippen LogP) is 3.00. The maximum absolute atomic E-state index is 13.2. The van der Waals surface area contributed by atoms with Crippen LogP contribution in [0.25, 0.3) is 0 Å². The number of carbonyl (C=O) groups is 2. The van der Waals surface area contributed by atoms with E-state index in [4.69, 9.17) is 26.2 Å². The van der Waals surface area contributed by atoms with Crippen LogP contribution < -0.4 is 9.46 Å². The van der Waals surface area contributed by atoms with Gasteiger partial charge >= 0.3 is 5.97 Å². The van der Waals surface area contributed by atoms with Crippen molar-refractivity contribution in [2.75, 3.05) is 18.4 Å². The quantitative estimate of drug-likeness (QED) is 0.655. The fourth-order valence-electron chi connectivity index (χ4n) is 4.16. The Labute approximate surface area is 196 Å². The molecule has 2 N–H and O–H groups in total. The summed E-state index contributed by atoms with van der Waals surface area (Å²) in [5.74, 6) is -1.000. The molecule has 0 aromatic heterocycles. The first-order chi connectivity index (χ1) is 15.7. The second-order valence-electron chi connectivity index (χ2n) is 8.01. The summed E-state index contributed by atoms with van der Waals surface area (Å²) in [6.45, 7) is 0.135. The first-order valence-electron chi connectivity index (χ1n) is 10.3. The maximum atomic E-state index is 13.2. The minimum Gasteiger partial charge on any atom is -0.490 e. The largest absolute Gasteiger partial charge is 0.490 e. The number of likely N-dealkylation sites (N-methyl/N-ethyl adjacent to an activating group) is 1. The number of benzene rings is 2. The van der Waals surface area contributed by atoms with Crippen molar-refractivity contribution in [2.45, 2.75) is 42.4 Å². The molecule has 1 amide bonds. The summed E-state index contributed by atoms with van der Waals surface area (Å²) in [7, 11) is -2.32. The lowest BCUT2D eigenvalue weighted by molar-refractivity contribution is -0.148. The van der Waals surface area contributed by atoms with E-state index in [1.165, 1.54) is 30.3 Å². The summed E-state index contributed by atoms with van der Waals surface area (Å²) in [6.07, 6.45) is 0.0738. The number of amides is 1. The number of halogens is 1. The number of hydrogen-bond acceptors (Lipinski definition) is 6. The van der Waals surface area contributed by atoms with Crippen molar-refractivity contribution in [1.29, 1.82) is 0 Å². The van der Waals surface area contributed by atoms with Crippen molar-refractivity contribution in [3.63, 3.8) is 0 Å². The van der Waals surface area contributed by atoms with Crippen LogP contribution in [0.15, 0.2) is 47.4 Å². The number of carboxylic acids is 1. The van der Waals surface area contributed by atoms with Gasteiger partial charge in [-0.2, -0.15) is 0 Å². The molecule has 0 unspecified atom stereocenters. The Bertz CT molecular complexity index is 1190. The number of hydrogen-bond donors (Lipinski definition) is 2. The van der Waals surface area contributed by atoms with Gasteiger partial charge < -0.3 is 19.5 Å². The van der Waals surface area contributed by atoms with Gasteiger partial charge in [-0.25, -0.2) is 8.42 Å². The lowest BCUT2D eigenvalue weighted by Crippen LogP contribution is -2.53. The highest BCUT2D eigenvalue weighted by atomic mass is 35.5. The number of sulfonamides is 1. The van der Waals surface area contributed by atoms with Crippen molar-refractivity contribution < 1.29 is 32.6 Å². The highest BCUT2D eigenvalue weighted by Crippen LogP contribution is 2.33. The van der Waals surface area contributed by atoms with Crippen molar-refractivity contribution in [3.8, 4) is 5.75 Å². The van der Waals surface area contributed by atoms with Gasteiger partial charge in [-0.15, -0.1) is 0 Å². The fraction of sp³-hybridized carbons (Fsp3) is 0.364. The van der Waals surface area contributed by atoms with E-state index in [-0.39, 0.29) is 51.9 Å². The highest BCUT2D eigenvalue weighted by Gasteiger charge is 2.39. The molecule has 0 saturated carbocycles. The second-order valence-corrected chi connectivity index (χ2v) is 10.1. The zero-order valence-electron chi connectivity index (χ0n) is 17.7. The van der Waals surface area contributed by atoms with Crippen molar-refractivity contribution >= 4 is 39.2 Å². The van der Waals surface area contributed by atoms with E-state index in [1.54, 1.807) is 24.1 Å². The van der Waals surface area contributed by atoms with E-state index in [0.29, 0.717) is 12.8 Å². The van der Waals surface area contributed by atoms with Gasteiger partial charge in [0.25, 0.3) is 15.9 Å². The van der Waals surface area contributed by atoms with E-state index < -0.39 is 28.2 Å². The molecule has 33 heavy (non-hydrogen) atoms. The van der Waals surface area contributed by atoms with Crippen LogP contribution in [0.3, 0.4) is 0 Å². The van der Waals surface area contributed by atoms with Crippen LogP contribution in [0, 0.1) is 0 Å². The van der Waals surface area contributed by atoms with Crippen LogP contribution in [0.5, 0.6) is 5.75 Å². The Morgan fingerprint density at radius 2 is 2.00 bits per heavy atom. The summed E-state index contributed by atoms with van der Waals surface area (Å²) < 4.78 is 39.8. The lowest BCUT2D eigenvalue weighted by Gasteiger charge is -2.42. The number of aliphatic carboxylic acids is 1. The smallest absolute Gasteiger partial charge is 0.305 e. The number of nitrogens with zero attached hydrogens (tertiary/aromatic N) is 1. The van der Waals surface area contributed by atoms with Gasteiger partial charge in [0.2, 0.25) is 0 Å². The van der Waals surface area contributed by atoms with Gasteiger partial charge in [0.05, 0.1) is 29.2 Å². The molecule has 2 aliphatic heterocycles. The molecule has 1 fully saturated rings. The molecule has 0 spiro atoms. The molecule has 11 heteroatoms. The molecule has 1 saturated heterocycles. The fourth-order valence-corrected chi connectivity index (χ4v) is 5.73. The first kappa shape index (κ1) is 23.3. The molecule has 3 atom stereocenters. The molecule has 176 valence electrons. The average Bonchev–Trinajstić information content (AvgIpc) is 2.76. The van der Waals surface area contributed by atoms with E-state index in [1.807, 2.05) is 0 Å². The third-order valence-electron chi connectivity index (χ3n) is 5.79. The third kappa shape index (κ3) is 4.92. The van der Waals surface area contributed by atoms with E-state index >= 15 is 0 Å². The summed E-state index contributed by atoms with van der Waals surface area (Å²) >= 11 is 6.03. The average molecular weight is 495 g/mol. The minimum atomic E-state index is -3.97. The number of carbonyl (C=O) groups excluding carboxylic acids is 1. The SMILES string of the molecule is CN1C(=O)c2cc(NS(=O)(=O)c3ccccc3Cl)ccc2OC[C@H]2O[C@@H](CC(=O)O)CC[C@@H]21. The van der Waals surface area contributed by atoms with Crippen molar-refractivity contribution in [3.05, 3.63) is 53.1 Å². The Balaban J connectivity index is 1.58. The normalized spacial score (nSPS) is 22.9. The molecule has 0 aliphatic carbocycles. The number of rotatable bonds is 5. The Hall–Kier alpha value is -2.82. The molecule has 2 heterocycles. The van der Waals surface area contributed by atoms with Crippen molar-refractivity contribution in [1.82, 2.24) is 4.90 Å². The highest BCUT2D eigenvalue weighted by molar-refractivity contribution is 7.92. The van der Waals surface area contributed by atoms with E-state index in [9.17, 15) is 18.0 Å². The van der Waals surface area contributed by atoms with Crippen LogP contribution in [-0.2, 0) is 19.6 Å². The molecule has 0 radical (unpaired) electrons. The monoisotopic (exact) mass is 494 g/mol. The van der Waals surface area contributed by atoms with E-state index in [2.05, 4.69) is 4.72 Å². The molecule has 4 rings (SSSR count). The van der Waals surface area contributed by atoms with Crippen LogP contribution in [0.2, 0.25) is 5.02 Å². The third-order valence-corrected chi connectivity index (χ3v) is 7.67. The number of anilines is 1. The zero-order chi connectivity index (χ0) is 23.8. The van der Waals surface area contributed by atoms with Gasteiger partial charge in [0.15, 0.2) is 0 Å². The molecular formula is C22H23ClN2O7S. The van der Waals surface area contributed by atoms with Crippen molar-refractivity contribution in [2.24, 2.45) is 0 Å². The number of ether oxygens (including phenoxy) is 2. The molecule has 2 aromatic rings. The summed E-state index contributed by atoms with van der Waals surface area (Å²) in [6, 6.07) is 10.2. The maximum Gasteiger partial charge on any atom is 0.305 e. The van der Waals surface area contributed by atoms with Gasteiger partial charge in [-0.1, -0.05) is 23.7 Å². The molecule has 2 aromatic carbocycles. The minimum absolute atomic E-state index is 0.0729. The predicted molar refractivity (Wildman–Crippen MR) is 120 cm³/mol. The number of fused-ring (bicyclic) bond motifs is 2.